The maximum absolute atomic E-state index is 11.8. The molecule has 5 heteroatoms. The molecule has 0 spiro atoms. The first-order chi connectivity index (χ1) is 8.33. The Morgan fingerprint density at radius 2 is 1.78 bits per heavy atom. The van der Waals surface area contributed by atoms with E-state index in [1.807, 2.05) is 0 Å². The van der Waals surface area contributed by atoms with Crippen LogP contribution in [0.5, 0.6) is 0 Å². The van der Waals surface area contributed by atoms with Crippen molar-refractivity contribution in [2.45, 2.75) is 57.3 Å². The Balaban J connectivity index is 2.05. The molecule has 0 heterocycles. The van der Waals surface area contributed by atoms with Crippen LogP contribution in [0, 0.1) is 0 Å². The van der Waals surface area contributed by atoms with Crippen molar-refractivity contribution in [1.29, 1.82) is 0 Å². The molecule has 4 nitrogen and oxygen atoms in total. The van der Waals surface area contributed by atoms with Gasteiger partial charge in [-0.3, -0.25) is 0 Å². The van der Waals surface area contributed by atoms with Crippen molar-refractivity contribution >= 4 is 9.84 Å². The third kappa shape index (κ3) is 5.24. The predicted molar refractivity (Wildman–Crippen MR) is 74.6 cm³/mol. The van der Waals surface area contributed by atoms with Crippen LogP contribution in [0.4, 0.5) is 0 Å². The fourth-order valence-electron chi connectivity index (χ4n) is 1.99. The lowest BCUT2D eigenvalue weighted by Gasteiger charge is -2.19. The van der Waals surface area contributed by atoms with Gasteiger partial charge in [0, 0.05) is 13.1 Å². The van der Waals surface area contributed by atoms with Crippen LogP contribution in [0.3, 0.4) is 0 Å². The molecule has 18 heavy (non-hydrogen) atoms. The summed E-state index contributed by atoms with van der Waals surface area (Å²) in [7, 11) is -3.00. The number of sulfone groups is 1. The molecule has 0 atom stereocenters. The number of hydrogen-bond acceptors (Lipinski definition) is 4. The van der Waals surface area contributed by atoms with E-state index >= 15 is 0 Å². The van der Waals surface area contributed by atoms with Crippen molar-refractivity contribution in [3.8, 4) is 0 Å². The topological polar surface area (TPSA) is 55.4 Å². The first-order valence-corrected chi connectivity index (χ1v) is 8.53. The summed E-state index contributed by atoms with van der Waals surface area (Å²) >= 11 is 0. The molecule has 1 aliphatic rings. The molecule has 0 aliphatic heterocycles. The molecule has 0 aromatic rings. The van der Waals surface area contributed by atoms with Crippen LogP contribution < -0.4 is 5.32 Å². The SMILES string of the molecule is CC(C)(C)S(=O)(=O)CCNCCOC1CCCC1. The zero-order valence-electron chi connectivity index (χ0n) is 11.9. The summed E-state index contributed by atoms with van der Waals surface area (Å²) in [6.45, 7) is 7.15. The summed E-state index contributed by atoms with van der Waals surface area (Å²) in [5.41, 5.74) is 0. The normalized spacial score (nSPS) is 18.4. The van der Waals surface area contributed by atoms with Gasteiger partial charge in [-0.05, 0) is 33.6 Å². The largest absolute Gasteiger partial charge is 0.377 e. The zero-order valence-corrected chi connectivity index (χ0v) is 12.7. The number of rotatable bonds is 7. The van der Waals surface area contributed by atoms with Crippen LogP contribution in [0.15, 0.2) is 0 Å². The van der Waals surface area contributed by atoms with Gasteiger partial charge in [0.1, 0.15) is 0 Å². The van der Waals surface area contributed by atoms with Crippen molar-refractivity contribution < 1.29 is 13.2 Å². The monoisotopic (exact) mass is 277 g/mol. The van der Waals surface area contributed by atoms with Crippen molar-refractivity contribution in [3.63, 3.8) is 0 Å². The second kappa shape index (κ2) is 6.87. The Hall–Kier alpha value is -0.130. The minimum absolute atomic E-state index is 0.194. The summed E-state index contributed by atoms with van der Waals surface area (Å²) in [5, 5.41) is 3.13. The molecule has 1 N–H and O–H groups in total. The molecule has 0 aromatic heterocycles. The van der Waals surface area contributed by atoms with Gasteiger partial charge in [0.15, 0.2) is 9.84 Å². The van der Waals surface area contributed by atoms with Crippen molar-refractivity contribution in [1.82, 2.24) is 5.32 Å². The third-order valence-corrected chi connectivity index (χ3v) is 6.02. The second-order valence-corrected chi connectivity index (χ2v) is 8.82. The molecule has 0 radical (unpaired) electrons. The molecule has 1 fully saturated rings. The summed E-state index contributed by atoms with van der Waals surface area (Å²) in [4.78, 5) is 0. The average Bonchev–Trinajstić information content (AvgIpc) is 2.74. The molecule has 108 valence electrons. The van der Waals surface area contributed by atoms with E-state index < -0.39 is 14.6 Å². The van der Waals surface area contributed by atoms with Gasteiger partial charge in [-0.2, -0.15) is 0 Å². The second-order valence-electron chi connectivity index (χ2n) is 5.96. The fraction of sp³-hybridized carbons (Fsp3) is 1.00. The van der Waals surface area contributed by atoms with Gasteiger partial charge >= 0.3 is 0 Å². The van der Waals surface area contributed by atoms with Gasteiger partial charge in [0.05, 0.1) is 23.2 Å². The van der Waals surface area contributed by atoms with E-state index in [9.17, 15) is 8.42 Å². The van der Waals surface area contributed by atoms with Crippen LogP contribution in [0.2, 0.25) is 0 Å². The van der Waals surface area contributed by atoms with Gasteiger partial charge in [0.2, 0.25) is 0 Å². The van der Waals surface area contributed by atoms with Crippen molar-refractivity contribution in [3.05, 3.63) is 0 Å². The van der Waals surface area contributed by atoms with Crippen LogP contribution in [0.25, 0.3) is 0 Å². The molecule has 0 bridgehead atoms. The Kier molecular flexibility index (Phi) is 6.08. The maximum Gasteiger partial charge on any atom is 0.156 e. The third-order valence-electron chi connectivity index (χ3n) is 3.42. The van der Waals surface area contributed by atoms with E-state index in [4.69, 9.17) is 4.74 Å². The summed E-state index contributed by atoms with van der Waals surface area (Å²) in [6, 6.07) is 0. The number of ether oxygens (including phenoxy) is 1. The Morgan fingerprint density at radius 3 is 2.33 bits per heavy atom. The van der Waals surface area contributed by atoms with Gasteiger partial charge < -0.3 is 10.1 Å². The number of hydrogen-bond donors (Lipinski definition) is 1. The Morgan fingerprint density at radius 1 is 1.17 bits per heavy atom. The minimum Gasteiger partial charge on any atom is -0.377 e. The van der Waals surface area contributed by atoms with Crippen molar-refractivity contribution in [2.24, 2.45) is 0 Å². The molecule has 1 saturated carbocycles. The smallest absolute Gasteiger partial charge is 0.156 e. The summed E-state index contributed by atoms with van der Waals surface area (Å²) in [6.07, 6.45) is 5.35. The van der Waals surface area contributed by atoms with Crippen LogP contribution >= 0.6 is 0 Å². The Labute approximate surface area is 111 Å². The van der Waals surface area contributed by atoms with E-state index in [1.54, 1.807) is 20.8 Å². The van der Waals surface area contributed by atoms with Gasteiger partial charge in [-0.25, -0.2) is 8.42 Å². The molecule has 1 aliphatic carbocycles. The van der Waals surface area contributed by atoms with E-state index in [0.717, 1.165) is 6.54 Å². The molecule has 0 unspecified atom stereocenters. The molecule has 1 rings (SSSR count). The van der Waals surface area contributed by atoms with Crippen LogP contribution in [0.1, 0.15) is 46.5 Å². The predicted octanol–water partition coefficient (Wildman–Crippen LogP) is 1.75. The highest BCUT2D eigenvalue weighted by molar-refractivity contribution is 7.92. The van der Waals surface area contributed by atoms with E-state index in [-0.39, 0.29) is 5.75 Å². The lowest BCUT2D eigenvalue weighted by Crippen LogP contribution is -2.35. The lowest BCUT2D eigenvalue weighted by atomic mass is 10.3. The quantitative estimate of drug-likeness (QED) is 0.720. The first-order valence-electron chi connectivity index (χ1n) is 6.87. The van der Waals surface area contributed by atoms with Crippen LogP contribution in [-0.4, -0.2) is 44.7 Å². The van der Waals surface area contributed by atoms with Crippen LogP contribution in [-0.2, 0) is 14.6 Å². The molecular weight excluding hydrogens is 250 g/mol. The minimum atomic E-state index is -3.00. The highest BCUT2D eigenvalue weighted by atomic mass is 32.2. The maximum atomic E-state index is 11.8. The van der Waals surface area contributed by atoms with Gasteiger partial charge in [-0.15, -0.1) is 0 Å². The zero-order chi connectivity index (χ0) is 13.6. The summed E-state index contributed by atoms with van der Waals surface area (Å²) in [5.74, 6) is 0.194. The average molecular weight is 277 g/mol. The fourth-order valence-corrected chi connectivity index (χ4v) is 3.02. The van der Waals surface area contributed by atoms with Gasteiger partial charge in [0.25, 0.3) is 0 Å². The molecular formula is C13H27NO3S. The Bertz CT molecular complexity index is 327. The highest BCUT2D eigenvalue weighted by Crippen LogP contribution is 2.20. The van der Waals surface area contributed by atoms with Gasteiger partial charge in [-0.1, -0.05) is 12.8 Å². The van der Waals surface area contributed by atoms with E-state index in [0.29, 0.717) is 19.3 Å². The standard InChI is InChI=1S/C13H27NO3S/c1-13(2,3)18(15,16)11-9-14-8-10-17-12-6-4-5-7-12/h12,14H,4-11H2,1-3H3. The number of nitrogens with one attached hydrogen (secondary N) is 1. The lowest BCUT2D eigenvalue weighted by molar-refractivity contribution is 0.0606. The van der Waals surface area contributed by atoms with E-state index in [2.05, 4.69) is 5.32 Å². The first kappa shape index (κ1) is 15.9. The van der Waals surface area contributed by atoms with Crippen molar-refractivity contribution in [2.75, 3.05) is 25.4 Å². The molecule has 0 saturated heterocycles. The molecule has 0 amide bonds. The highest BCUT2D eigenvalue weighted by Gasteiger charge is 2.27. The summed E-state index contributed by atoms with van der Waals surface area (Å²) < 4.78 is 28.7. The molecule has 0 aromatic carbocycles. The van der Waals surface area contributed by atoms with E-state index in [1.165, 1.54) is 25.7 Å².